The van der Waals surface area contributed by atoms with Crippen molar-refractivity contribution < 1.29 is 24.2 Å². The Bertz CT molecular complexity index is 883. The van der Waals surface area contributed by atoms with Crippen LogP contribution in [0, 0.1) is 11.8 Å². The van der Waals surface area contributed by atoms with E-state index in [1.807, 2.05) is 41.5 Å². The first-order chi connectivity index (χ1) is 15.5. The zero-order chi connectivity index (χ0) is 26.0. The number of phenols is 1. The summed E-state index contributed by atoms with van der Waals surface area (Å²) in [6.07, 6.45) is 0.0871. The Hall–Kier alpha value is -2.77. The fourth-order valence-corrected chi connectivity index (χ4v) is 3.81. The van der Waals surface area contributed by atoms with Gasteiger partial charge in [0, 0.05) is 11.6 Å². The Morgan fingerprint density at radius 3 is 2.00 bits per heavy atom. The van der Waals surface area contributed by atoms with Gasteiger partial charge in [0.2, 0.25) is 11.8 Å². The first-order valence-corrected chi connectivity index (χ1v) is 11.9. The molecular weight excluding hydrogens is 434 g/mol. The van der Waals surface area contributed by atoms with Crippen LogP contribution in [0.4, 0.5) is 4.79 Å². The molecule has 0 aromatic heterocycles. The van der Waals surface area contributed by atoms with E-state index in [1.165, 1.54) is 12.1 Å². The van der Waals surface area contributed by atoms with Gasteiger partial charge >= 0.3 is 6.09 Å². The van der Waals surface area contributed by atoms with E-state index in [4.69, 9.17) is 4.74 Å². The Balaban J connectivity index is 2.48. The molecule has 8 heteroatoms. The first-order valence-electron chi connectivity index (χ1n) is 11.9. The van der Waals surface area contributed by atoms with Crippen LogP contribution in [-0.4, -0.2) is 51.1 Å². The van der Waals surface area contributed by atoms with Crippen molar-refractivity contribution in [2.45, 2.75) is 98.0 Å². The van der Waals surface area contributed by atoms with Crippen molar-refractivity contribution in [2.24, 2.45) is 11.8 Å². The number of carbonyl (C=O) groups is 3. The maximum Gasteiger partial charge on any atom is 0.408 e. The molecule has 1 aromatic rings. The number of carbonyl (C=O) groups excluding carboxylic acids is 3. The number of hydrogen-bond acceptors (Lipinski definition) is 5. The van der Waals surface area contributed by atoms with Crippen LogP contribution in [-0.2, 0) is 14.3 Å². The number of rotatable bonds is 7. The van der Waals surface area contributed by atoms with Gasteiger partial charge in [0.15, 0.2) is 0 Å². The molecule has 0 bridgehead atoms. The standard InChI is InChI=1S/C26H41N3O5/c1-15(2)20(27-24(33)34-26(7,8)9)23(32)29(19-14-16(19)3)21(22(31)28-25(4,5)6)17-10-12-18(30)13-11-17/h10-13,15-16,19-21,30H,14H2,1-9H3,(H,27,33)(H,28,31). The molecule has 1 aliphatic rings. The van der Waals surface area contributed by atoms with Gasteiger partial charge in [-0.05, 0) is 77.5 Å². The summed E-state index contributed by atoms with van der Waals surface area (Å²) >= 11 is 0. The Labute approximate surface area is 203 Å². The number of nitrogens with one attached hydrogen (secondary N) is 2. The second kappa shape index (κ2) is 10.2. The smallest absolute Gasteiger partial charge is 0.408 e. The van der Waals surface area contributed by atoms with Gasteiger partial charge in [0.1, 0.15) is 23.4 Å². The van der Waals surface area contributed by atoms with Crippen LogP contribution < -0.4 is 10.6 Å². The van der Waals surface area contributed by atoms with Gasteiger partial charge in [-0.25, -0.2) is 4.79 Å². The van der Waals surface area contributed by atoms with Gasteiger partial charge in [-0.1, -0.05) is 32.9 Å². The second-order valence-corrected chi connectivity index (χ2v) is 11.6. The summed E-state index contributed by atoms with van der Waals surface area (Å²) in [4.78, 5) is 41.7. The van der Waals surface area contributed by atoms with Crippen LogP contribution in [0.2, 0.25) is 0 Å². The highest BCUT2D eigenvalue weighted by Crippen LogP contribution is 2.41. The van der Waals surface area contributed by atoms with Crippen molar-refractivity contribution in [3.8, 4) is 5.75 Å². The lowest BCUT2D eigenvalue weighted by molar-refractivity contribution is -0.144. The van der Waals surface area contributed by atoms with Gasteiger partial charge in [-0.3, -0.25) is 9.59 Å². The predicted octanol–water partition coefficient (Wildman–Crippen LogP) is 4.13. The van der Waals surface area contributed by atoms with Crippen molar-refractivity contribution in [3.05, 3.63) is 29.8 Å². The molecule has 1 saturated carbocycles. The molecule has 8 nitrogen and oxygen atoms in total. The van der Waals surface area contributed by atoms with Crippen LogP contribution >= 0.6 is 0 Å². The lowest BCUT2D eigenvalue weighted by Gasteiger charge is -2.37. The van der Waals surface area contributed by atoms with Gasteiger partial charge in [0.05, 0.1) is 0 Å². The third-order valence-electron chi connectivity index (χ3n) is 5.52. The molecule has 0 saturated heterocycles. The lowest BCUT2D eigenvalue weighted by Crippen LogP contribution is -2.56. The van der Waals surface area contributed by atoms with Gasteiger partial charge < -0.3 is 25.4 Å². The lowest BCUT2D eigenvalue weighted by atomic mass is 9.97. The quantitative estimate of drug-likeness (QED) is 0.549. The van der Waals surface area contributed by atoms with Crippen molar-refractivity contribution in [1.82, 2.24) is 15.5 Å². The van der Waals surface area contributed by atoms with E-state index in [2.05, 4.69) is 10.6 Å². The third kappa shape index (κ3) is 7.64. The third-order valence-corrected chi connectivity index (χ3v) is 5.52. The van der Waals surface area contributed by atoms with Crippen LogP contribution in [0.25, 0.3) is 0 Å². The van der Waals surface area contributed by atoms with E-state index in [-0.39, 0.29) is 35.4 Å². The topological polar surface area (TPSA) is 108 Å². The highest BCUT2D eigenvalue weighted by molar-refractivity contribution is 5.93. The van der Waals surface area contributed by atoms with E-state index >= 15 is 0 Å². The molecule has 0 spiro atoms. The summed E-state index contributed by atoms with van der Waals surface area (Å²) in [6.45, 7) is 16.6. The Kier molecular flexibility index (Phi) is 8.27. The molecule has 1 fully saturated rings. The summed E-state index contributed by atoms with van der Waals surface area (Å²) in [6, 6.07) is 4.39. The molecule has 1 aromatic carbocycles. The van der Waals surface area contributed by atoms with Gasteiger partial charge in [-0.15, -0.1) is 0 Å². The average Bonchev–Trinajstić information content (AvgIpc) is 3.37. The molecule has 2 rings (SSSR count). The summed E-state index contributed by atoms with van der Waals surface area (Å²) in [5, 5.41) is 15.5. The number of amides is 3. The normalized spacial score (nSPS) is 19.7. The van der Waals surface area contributed by atoms with Gasteiger partial charge in [-0.2, -0.15) is 0 Å². The second-order valence-electron chi connectivity index (χ2n) is 11.6. The van der Waals surface area contributed by atoms with Crippen LogP contribution in [0.15, 0.2) is 24.3 Å². The zero-order valence-corrected chi connectivity index (χ0v) is 21.9. The number of phenolic OH excluding ortho intramolecular Hbond substituents is 1. The summed E-state index contributed by atoms with van der Waals surface area (Å²) in [5.74, 6) is -0.589. The zero-order valence-electron chi connectivity index (χ0n) is 21.9. The first kappa shape index (κ1) is 27.5. The highest BCUT2D eigenvalue weighted by Gasteiger charge is 2.49. The SMILES string of the molecule is CC(C)C(NC(=O)OC(C)(C)C)C(=O)N(C(C(=O)NC(C)(C)C)c1ccc(O)cc1)C1CC1C. The maximum atomic E-state index is 14.0. The molecule has 190 valence electrons. The number of alkyl carbamates (subject to hydrolysis) is 1. The van der Waals surface area contributed by atoms with Crippen molar-refractivity contribution in [1.29, 1.82) is 0 Å². The Morgan fingerprint density at radius 1 is 1.06 bits per heavy atom. The van der Waals surface area contributed by atoms with Crippen molar-refractivity contribution in [3.63, 3.8) is 0 Å². The highest BCUT2D eigenvalue weighted by atomic mass is 16.6. The number of benzene rings is 1. The number of ether oxygens (including phenoxy) is 1. The number of aromatic hydroxyl groups is 1. The minimum atomic E-state index is -0.913. The van der Waals surface area contributed by atoms with E-state index in [0.717, 1.165) is 6.42 Å². The molecule has 1 aliphatic carbocycles. The molecule has 4 unspecified atom stereocenters. The maximum absolute atomic E-state index is 14.0. The summed E-state index contributed by atoms with van der Waals surface area (Å²) < 4.78 is 5.39. The summed E-state index contributed by atoms with van der Waals surface area (Å²) in [7, 11) is 0. The fraction of sp³-hybridized carbons (Fsp3) is 0.654. The van der Waals surface area contributed by atoms with Crippen molar-refractivity contribution >= 4 is 17.9 Å². The van der Waals surface area contributed by atoms with Crippen LogP contribution in [0.5, 0.6) is 5.75 Å². The average molecular weight is 476 g/mol. The molecule has 3 amide bonds. The molecule has 0 aliphatic heterocycles. The van der Waals surface area contributed by atoms with E-state index in [1.54, 1.807) is 37.8 Å². The molecule has 0 heterocycles. The Morgan fingerprint density at radius 2 is 1.59 bits per heavy atom. The van der Waals surface area contributed by atoms with E-state index < -0.39 is 29.3 Å². The monoisotopic (exact) mass is 475 g/mol. The number of nitrogens with zero attached hydrogens (tertiary/aromatic N) is 1. The largest absolute Gasteiger partial charge is 0.508 e. The van der Waals surface area contributed by atoms with Crippen LogP contribution in [0.1, 0.15) is 80.3 Å². The molecular formula is C26H41N3O5. The molecule has 4 atom stereocenters. The van der Waals surface area contributed by atoms with Crippen molar-refractivity contribution in [2.75, 3.05) is 0 Å². The number of hydrogen-bond donors (Lipinski definition) is 3. The predicted molar refractivity (Wildman–Crippen MR) is 131 cm³/mol. The molecule has 34 heavy (non-hydrogen) atoms. The van der Waals surface area contributed by atoms with E-state index in [9.17, 15) is 19.5 Å². The minimum Gasteiger partial charge on any atom is -0.508 e. The minimum absolute atomic E-state index is 0.0723. The fourth-order valence-electron chi connectivity index (χ4n) is 3.81. The summed E-state index contributed by atoms with van der Waals surface area (Å²) in [5.41, 5.74) is -0.630. The van der Waals surface area contributed by atoms with Gasteiger partial charge in [0.25, 0.3) is 0 Å². The molecule has 3 N–H and O–H groups in total. The van der Waals surface area contributed by atoms with E-state index in [0.29, 0.717) is 5.56 Å². The molecule has 0 radical (unpaired) electrons. The van der Waals surface area contributed by atoms with Crippen LogP contribution in [0.3, 0.4) is 0 Å².